The Hall–Kier alpha value is -1.91. The molecule has 5 heteroatoms. The van der Waals surface area contributed by atoms with Crippen LogP contribution in [0.3, 0.4) is 0 Å². The SMILES string of the molecule is CC(C)c1ccnc2c(C(=O)O)cnn12. The third-order valence-corrected chi connectivity index (χ3v) is 2.25. The maximum absolute atomic E-state index is 10.9. The monoisotopic (exact) mass is 205 g/mol. The van der Waals surface area contributed by atoms with Crippen LogP contribution in [0.1, 0.15) is 35.8 Å². The van der Waals surface area contributed by atoms with E-state index >= 15 is 0 Å². The molecule has 5 nitrogen and oxygen atoms in total. The molecule has 2 aromatic rings. The minimum atomic E-state index is -1.00. The molecule has 0 bridgehead atoms. The van der Waals surface area contributed by atoms with Gasteiger partial charge in [0.1, 0.15) is 5.56 Å². The van der Waals surface area contributed by atoms with Crippen LogP contribution < -0.4 is 0 Å². The van der Waals surface area contributed by atoms with Crippen molar-refractivity contribution in [1.82, 2.24) is 14.6 Å². The summed E-state index contributed by atoms with van der Waals surface area (Å²) in [6.07, 6.45) is 2.94. The number of aromatic carboxylic acids is 1. The van der Waals surface area contributed by atoms with Crippen molar-refractivity contribution in [1.29, 1.82) is 0 Å². The minimum absolute atomic E-state index is 0.137. The second kappa shape index (κ2) is 3.34. The van der Waals surface area contributed by atoms with E-state index in [1.54, 1.807) is 10.7 Å². The van der Waals surface area contributed by atoms with Gasteiger partial charge in [-0.1, -0.05) is 13.8 Å². The molecule has 0 spiro atoms. The molecule has 2 heterocycles. The molecule has 0 aliphatic heterocycles. The highest BCUT2D eigenvalue weighted by Gasteiger charge is 2.14. The maximum Gasteiger partial charge on any atom is 0.341 e. The Kier molecular flexibility index (Phi) is 2.15. The fraction of sp³-hybridized carbons (Fsp3) is 0.300. The van der Waals surface area contributed by atoms with E-state index in [0.29, 0.717) is 5.65 Å². The maximum atomic E-state index is 10.9. The zero-order valence-electron chi connectivity index (χ0n) is 8.51. The van der Waals surface area contributed by atoms with E-state index in [1.165, 1.54) is 6.20 Å². The summed E-state index contributed by atoms with van der Waals surface area (Å²) in [5.41, 5.74) is 1.48. The molecular formula is C10H11N3O2. The number of carbonyl (C=O) groups is 1. The average Bonchev–Trinajstić information content (AvgIpc) is 2.59. The van der Waals surface area contributed by atoms with Crippen LogP contribution in [0.25, 0.3) is 5.65 Å². The van der Waals surface area contributed by atoms with Gasteiger partial charge in [-0.2, -0.15) is 5.10 Å². The number of aromatic nitrogens is 3. The van der Waals surface area contributed by atoms with Gasteiger partial charge >= 0.3 is 5.97 Å². The lowest BCUT2D eigenvalue weighted by molar-refractivity contribution is 0.0699. The molecule has 0 radical (unpaired) electrons. The summed E-state index contributed by atoms with van der Waals surface area (Å²) < 4.78 is 1.58. The van der Waals surface area contributed by atoms with Gasteiger partial charge in [-0.05, 0) is 12.0 Å². The predicted molar refractivity (Wildman–Crippen MR) is 54.0 cm³/mol. The Morgan fingerprint density at radius 1 is 1.53 bits per heavy atom. The van der Waals surface area contributed by atoms with Gasteiger partial charge in [-0.3, -0.25) is 0 Å². The molecule has 78 valence electrons. The molecule has 2 aromatic heterocycles. The van der Waals surface area contributed by atoms with E-state index in [2.05, 4.69) is 10.1 Å². The van der Waals surface area contributed by atoms with Crippen LogP contribution >= 0.6 is 0 Å². The first-order valence-corrected chi connectivity index (χ1v) is 4.67. The third-order valence-electron chi connectivity index (χ3n) is 2.25. The van der Waals surface area contributed by atoms with Crippen molar-refractivity contribution in [3.8, 4) is 0 Å². The summed E-state index contributed by atoms with van der Waals surface area (Å²) in [6.45, 7) is 4.05. The van der Waals surface area contributed by atoms with Gasteiger partial charge in [0.2, 0.25) is 0 Å². The number of carboxylic acid groups (broad SMARTS) is 1. The Bertz CT molecular complexity index is 516. The molecule has 0 saturated heterocycles. The highest BCUT2D eigenvalue weighted by atomic mass is 16.4. The van der Waals surface area contributed by atoms with Crippen molar-refractivity contribution < 1.29 is 9.90 Å². The van der Waals surface area contributed by atoms with Crippen molar-refractivity contribution in [2.45, 2.75) is 19.8 Å². The average molecular weight is 205 g/mol. The van der Waals surface area contributed by atoms with E-state index in [9.17, 15) is 4.79 Å². The number of nitrogens with zero attached hydrogens (tertiary/aromatic N) is 3. The highest BCUT2D eigenvalue weighted by Crippen LogP contribution is 2.16. The van der Waals surface area contributed by atoms with Crippen molar-refractivity contribution in [3.05, 3.63) is 29.7 Å². The topological polar surface area (TPSA) is 67.5 Å². The molecule has 0 fully saturated rings. The van der Waals surface area contributed by atoms with E-state index in [-0.39, 0.29) is 11.5 Å². The first-order chi connectivity index (χ1) is 7.11. The van der Waals surface area contributed by atoms with Crippen molar-refractivity contribution in [2.24, 2.45) is 0 Å². The van der Waals surface area contributed by atoms with Crippen LogP contribution in [0.4, 0.5) is 0 Å². The quantitative estimate of drug-likeness (QED) is 0.807. The zero-order chi connectivity index (χ0) is 11.0. The molecule has 0 atom stereocenters. The molecule has 0 unspecified atom stereocenters. The largest absolute Gasteiger partial charge is 0.477 e. The van der Waals surface area contributed by atoms with Crippen LogP contribution in [-0.4, -0.2) is 25.7 Å². The van der Waals surface area contributed by atoms with E-state index in [0.717, 1.165) is 5.69 Å². The second-order valence-corrected chi connectivity index (χ2v) is 3.62. The summed E-state index contributed by atoms with van der Waals surface area (Å²) in [4.78, 5) is 14.9. The number of hydrogen-bond donors (Lipinski definition) is 1. The molecule has 0 saturated carbocycles. The molecular weight excluding hydrogens is 194 g/mol. The lowest BCUT2D eigenvalue weighted by Crippen LogP contribution is -2.03. The number of carboxylic acids is 1. The van der Waals surface area contributed by atoms with Crippen molar-refractivity contribution in [2.75, 3.05) is 0 Å². The van der Waals surface area contributed by atoms with Gasteiger partial charge in [0, 0.05) is 11.9 Å². The fourth-order valence-corrected chi connectivity index (χ4v) is 1.50. The molecule has 15 heavy (non-hydrogen) atoms. The Balaban J connectivity index is 2.74. The van der Waals surface area contributed by atoms with E-state index in [1.807, 2.05) is 19.9 Å². The first kappa shape index (κ1) is 9.64. The summed E-state index contributed by atoms with van der Waals surface area (Å²) in [6, 6.07) is 1.84. The highest BCUT2D eigenvalue weighted by molar-refractivity contribution is 5.94. The minimum Gasteiger partial charge on any atom is -0.477 e. The number of hydrogen-bond acceptors (Lipinski definition) is 3. The molecule has 2 rings (SSSR count). The molecule has 0 aliphatic rings. The van der Waals surface area contributed by atoms with Crippen LogP contribution in [0, 0.1) is 0 Å². The van der Waals surface area contributed by atoms with Gasteiger partial charge in [0.05, 0.1) is 6.20 Å². The number of fused-ring (bicyclic) bond motifs is 1. The van der Waals surface area contributed by atoms with Gasteiger partial charge in [0.15, 0.2) is 5.65 Å². The summed E-state index contributed by atoms with van der Waals surface area (Å²) in [5.74, 6) is -0.726. The van der Waals surface area contributed by atoms with E-state index < -0.39 is 5.97 Å². The first-order valence-electron chi connectivity index (χ1n) is 4.67. The predicted octanol–water partition coefficient (Wildman–Crippen LogP) is 1.55. The number of rotatable bonds is 2. The molecule has 1 N–H and O–H groups in total. The van der Waals surface area contributed by atoms with Gasteiger partial charge in [-0.15, -0.1) is 0 Å². The normalized spacial score (nSPS) is 11.1. The molecule has 0 aromatic carbocycles. The summed E-state index contributed by atoms with van der Waals surface area (Å²) in [5, 5.41) is 12.9. The smallest absolute Gasteiger partial charge is 0.341 e. The molecule has 0 aliphatic carbocycles. The van der Waals surface area contributed by atoms with Crippen LogP contribution in [-0.2, 0) is 0 Å². The second-order valence-electron chi connectivity index (χ2n) is 3.62. The van der Waals surface area contributed by atoms with E-state index in [4.69, 9.17) is 5.11 Å². The van der Waals surface area contributed by atoms with Gasteiger partial charge < -0.3 is 5.11 Å². The van der Waals surface area contributed by atoms with Gasteiger partial charge in [-0.25, -0.2) is 14.3 Å². The Labute approximate surface area is 86.4 Å². The van der Waals surface area contributed by atoms with Crippen LogP contribution in [0.5, 0.6) is 0 Å². The van der Waals surface area contributed by atoms with Crippen molar-refractivity contribution >= 4 is 11.6 Å². The fourth-order valence-electron chi connectivity index (χ4n) is 1.50. The Morgan fingerprint density at radius 3 is 2.87 bits per heavy atom. The zero-order valence-corrected chi connectivity index (χ0v) is 8.51. The Morgan fingerprint density at radius 2 is 2.27 bits per heavy atom. The van der Waals surface area contributed by atoms with Crippen LogP contribution in [0.15, 0.2) is 18.5 Å². The van der Waals surface area contributed by atoms with Crippen molar-refractivity contribution in [3.63, 3.8) is 0 Å². The lowest BCUT2D eigenvalue weighted by atomic mass is 10.1. The van der Waals surface area contributed by atoms with Crippen LogP contribution in [0.2, 0.25) is 0 Å². The van der Waals surface area contributed by atoms with Gasteiger partial charge in [0.25, 0.3) is 0 Å². The lowest BCUT2D eigenvalue weighted by Gasteiger charge is -2.06. The third kappa shape index (κ3) is 1.45. The summed E-state index contributed by atoms with van der Waals surface area (Å²) in [7, 11) is 0. The standard InChI is InChI=1S/C10H11N3O2/c1-6(2)8-3-4-11-9-7(10(14)15)5-12-13(8)9/h3-6H,1-2H3,(H,14,15). The summed E-state index contributed by atoms with van der Waals surface area (Å²) >= 11 is 0. The molecule has 0 amide bonds.